The molecule has 0 atom stereocenters. The zero-order chi connectivity index (χ0) is 18.8. The van der Waals surface area contributed by atoms with Gasteiger partial charge in [0.1, 0.15) is 11.9 Å². The second kappa shape index (κ2) is 7.66. The lowest BCUT2D eigenvalue weighted by Gasteiger charge is -2.32. The van der Waals surface area contributed by atoms with Gasteiger partial charge in [-0.25, -0.2) is 14.8 Å². The van der Waals surface area contributed by atoms with Crippen LogP contribution in [0.2, 0.25) is 0 Å². The third kappa shape index (κ3) is 3.42. The van der Waals surface area contributed by atoms with Gasteiger partial charge in [-0.2, -0.15) is 0 Å². The van der Waals surface area contributed by atoms with E-state index in [0.29, 0.717) is 18.0 Å². The Morgan fingerprint density at radius 2 is 2.15 bits per heavy atom. The molecule has 140 valence electrons. The van der Waals surface area contributed by atoms with Gasteiger partial charge in [-0.3, -0.25) is 4.57 Å². The van der Waals surface area contributed by atoms with Gasteiger partial charge in [0.25, 0.3) is 0 Å². The maximum atomic E-state index is 13.0. The van der Waals surface area contributed by atoms with E-state index in [1.165, 1.54) is 0 Å². The van der Waals surface area contributed by atoms with Crippen LogP contribution in [0, 0.1) is 0 Å². The van der Waals surface area contributed by atoms with E-state index >= 15 is 0 Å². The first-order valence-electron chi connectivity index (χ1n) is 8.93. The molecular weight excluding hydrogens is 410 g/mol. The number of fused-ring (bicyclic) bond motifs is 1. The number of halogens is 1. The molecule has 27 heavy (non-hydrogen) atoms. The molecule has 3 heterocycles. The van der Waals surface area contributed by atoms with E-state index in [1.54, 1.807) is 23.3 Å². The minimum Gasteiger partial charge on any atom is -0.462 e. The molecule has 4 rings (SSSR count). The van der Waals surface area contributed by atoms with Crippen molar-refractivity contribution >= 4 is 38.5 Å². The standard InChI is InChI=1S/C19H20BrN5O2/c1-2-27-19(26)16-17(24-8-5-21-6-9-24)14-11-13(20)3-4-15(14)23-18(16)25-10-7-22-12-25/h3-4,7,10-12,21H,2,5-6,8-9H2,1H3. The number of esters is 1. The zero-order valence-electron chi connectivity index (χ0n) is 15.0. The van der Waals surface area contributed by atoms with Crippen LogP contribution in [0.3, 0.4) is 0 Å². The van der Waals surface area contributed by atoms with E-state index in [2.05, 4.69) is 31.1 Å². The predicted octanol–water partition coefficient (Wildman–Crippen LogP) is 2.77. The molecule has 0 bridgehead atoms. The number of benzene rings is 1. The summed E-state index contributed by atoms with van der Waals surface area (Å²) >= 11 is 3.55. The van der Waals surface area contributed by atoms with Crippen LogP contribution in [0.15, 0.2) is 41.4 Å². The molecular formula is C19H20BrN5O2. The number of carbonyl (C=O) groups is 1. The van der Waals surface area contributed by atoms with E-state index in [9.17, 15) is 4.79 Å². The first kappa shape index (κ1) is 17.9. The smallest absolute Gasteiger partial charge is 0.344 e. The summed E-state index contributed by atoms with van der Waals surface area (Å²) in [5.41, 5.74) is 2.16. The molecule has 1 saturated heterocycles. The fourth-order valence-electron chi connectivity index (χ4n) is 3.39. The van der Waals surface area contributed by atoms with Gasteiger partial charge in [-0.1, -0.05) is 15.9 Å². The molecule has 0 amide bonds. The van der Waals surface area contributed by atoms with E-state index in [4.69, 9.17) is 9.72 Å². The Hall–Kier alpha value is -2.45. The number of nitrogens with one attached hydrogen (secondary N) is 1. The summed E-state index contributed by atoms with van der Waals surface area (Å²) in [5, 5.41) is 4.29. The highest BCUT2D eigenvalue weighted by Crippen LogP contribution is 2.36. The average Bonchev–Trinajstić information content (AvgIpc) is 3.22. The van der Waals surface area contributed by atoms with Gasteiger partial charge in [0.15, 0.2) is 5.82 Å². The SMILES string of the molecule is CCOC(=O)c1c(-n2ccnc2)nc2ccc(Br)cc2c1N1CCNCC1. The Balaban J connectivity index is 2.05. The number of pyridine rings is 1. The van der Waals surface area contributed by atoms with E-state index in [1.807, 2.05) is 25.1 Å². The van der Waals surface area contributed by atoms with Gasteiger partial charge < -0.3 is 15.0 Å². The zero-order valence-corrected chi connectivity index (χ0v) is 16.6. The average molecular weight is 430 g/mol. The van der Waals surface area contributed by atoms with E-state index < -0.39 is 0 Å². The molecule has 0 unspecified atom stereocenters. The van der Waals surface area contributed by atoms with Crippen molar-refractivity contribution in [2.75, 3.05) is 37.7 Å². The normalized spacial score (nSPS) is 14.5. The van der Waals surface area contributed by atoms with Crippen LogP contribution in [0.25, 0.3) is 16.7 Å². The fraction of sp³-hybridized carbons (Fsp3) is 0.316. The number of hydrogen-bond donors (Lipinski definition) is 1. The molecule has 1 aromatic carbocycles. The van der Waals surface area contributed by atoms with Gasteiger partial charge in [0.2, 0.25) is 0 Å². The van der Waals surface area contributed by atoms with Gasteiger partial charge in [-0.15, -0.1) is 0 Å². The van der Waals surface area contributed by atoms with Crippen molar-refractivity contribution < 1.29 is 9.53 Å². The number of ether oxygens (including phenoxy) is 1. The van der Waals surface area contributed by atoms with Crippen molar-refractivity contribution in [1.82, 2.24) is 19.9 Å². The molecule has 1 aliphatic heterocycles. The molecule has 8 heteroatoms. The number of nitrogens with zero attached hydrogens (tertiary/aromatic N) is 4. The Labute approximate surface area is 165 Å². The largest absolute Gasteiger partial charge is 0.462 e. The lowest BCUT2D eigenvalue weighted by Crippen LogP contribution is -2.44. The third-order valence-electron chi connectivity index (χ3n) is 4.56. The number of aromatic nitrogens is 3. The maximum absolute atomic E-state index is 13.0. The van der Waals surface area contributed by atoms with Crippen molar-refractivity contribution in [3.63, 3.8) is 0 Å². The Bertz CT molecular complexity index is 968. The molecule has 0 saturated carbocycles. The molecule has 1 fully saturated rings. The van der Waals surface area contributed by atoms with E-state index in [0.717, 1.165) is 47.2 Å². The van der Waals surface area contributed by atoms with Gasteiger partial charge in [-0.05, 0) is 25.1 Å². The van der Waals surface area contributed by atoms with Crippen LogP contribution in [0.4, 0.5) is 5.69 Å². The molecule has 0 radical (unpaired) electrons. The predicted molar refractivity (Wildman–Crippen MR) is 108 cm³/mol. The van der Waals surface area contributed by atoms with Crippen molar-refractivity contribution in [2.24, 2.45) is 0 Å². The minimum absolute atomic E-state index is 0.305. The molecule has 3 aromatic rings. The number of anilines is 1. The van der Waals surface area contributed by atoms with Crippen molar-refractivity contribution in [2.45, 2.75) is 6.92 Å². The number of carbonyl (C=O) groups excluding carboxylic acids is 1. The summed E-state index contributed by atoms with van der Waals surface area (Å²) in [7, 11) is 0. The highest BCUT2D eigenvalue weighted by atomic mass is 79.9. The lowest BCUT2D eigenvalue weighted by molar-refractivity contribution is 0.0527. The van der Waals surface area contributed by atoms with Crippen LogP contribution in [-0.4, -0.2) is 53.3 Å². The Morgan fingerprint density at radius 3 is 2.85 bits per heavy atom. The molecule has 0 aliphatic carbocycles. The second-order valence-corrected chi connectivity index (χ2v) is 7.16. The number of imidazole rings is 1. The summed E-state index contributed by atoms with van der Waals surface area (Å²) in [5.74, 6) is 0.165. The quantitative estimate of drug-likeness (QED) is 0.642. The van der Waals surface area contributed by atoms with Crippen LogP contribution in [0.5, 0.6) is 0 Å². The lowest BCUT2D eigenvalue weighted by atomic mass is 10.1. The number of hydrogen-bond acceptors (Lipinski definition) is 6. The Morgan fingerprint density at radius 1 is 1.33 bits per heavy atom. The molecule has 7 nitrogen and oxygen atoms in total. The van der Waals surface area contributed by atoms with Crippen molar-refractivity contribution in [1.29, 1.82) is 0 Å². The van der Waals surface area contributed by atoms with Gasteiger partial charge in [0.05, 0.1) is 17.8 Å². The first-order chi connectivity index (χ1) is 13.2. The van der Waals surface area contributed by atoms with Gasteiger partial charge in [0, 0.05) is 48.4 Å². The fourth-order valence-corrected chi connectivity index (χ4v) is 3.75. The van der Waals surface area contributed by atoms with Crippen LogP contribution >= 0.6 is 15.9 Å². The monoisotopic (exact) mass is 429 g/mol. The highest BCUT2D eigenvalue weighted by molar-refractivity contribution is 9.10. The Kier molecular flexibility index (Phi) is 5.09. The molecule has 1 N–H and O–H groups in total. The number of rotatable bonds is 4. The maximum Gasteiger partial charge on any atom is 0.344 e. The molecule has 1 aliphatic rings. The first-order valence-corrected chi connectivity index (χ1v) is 9.72. The van der Waals surface area contributed by atoms with Gasteiger partial charge >= 0.3 is 5.97 Å². The van der Waals surface area contributed by atoms with Crippen LogP contribution in [0.1, 0.15) is 17.3 Å². The minimum atomic E-state index is -0.371. The summed E-state index contributed by atoms with van der Waals surface area (Å²) in [4.78, 5) is 24.1. The van der Waals surface area contributed by atoms with E-state index in [-0.39, 0.29) is 5.97 Å². The van der Waals surface area contributed by atoms with Crippen molar-refractivity contribution in [3.05, 3.63) is 47.0 Å². The third-order valence-corrected chi connectivity index (χ3v) is 5.06. The molecule has 0 spiro atoms. The second-order valence-electron chi connectivity index (χ2n) is 6.25. The summed E-state index contributed by atoms with van der Waals surface area (Å²) in [6, 6.07) is 5.93. The van der Waals surface area contributed by atoms with Crippen LogP contribution < -0.4 is 10.2 Å². The summed E-state index contributed by atoms with van der Waals surface area (Å²) < 4.78 is 8.12. The number of piperazine rings is 1. The van der Waals surface area contributed by atoms with Crippen LogP contribution in [-0.2, 0) is 4.74 Å². The van der Waals surface area contributed by atoms with Crippen molar-refractivity contribution in [3.8, 4) is 5.82 Å². The highest BCUT2D eigenvalue weighted by Gasteiger charge is 2.27. The molecule has 2 aromatic heterocycles. The summed E-state index contributed by atoms with van der Waals surface area (Å²) in [6.45, 7) is 5.45. The summed E-state index contributed by atoms with van der Waals surface area (Å²) in [6.07, 6.45) is 5.11. The topological polar surface area (TPSA) is 72.3 Å².